The maximum atomic E-state index is 11.0. The molecule has 0 aliphatic heterocycles. The molecule has 0 aliphatic rings. The van der Waals surface area contributed by atoms with Crippen molar-refractivity contribution in [3.8, 4) is 0 Å². The van der Waals surface area contributed by atoms with E-state index >= 15 is 0 Å². The van der Waals surface area contributed by atoms with Gasteiger partial charge in [-0.15, -0.1) is 0 Å². The second-order valence-corrected chi connectivity index (χ2v) is 3.92. The molecule has 0 fully saturated rings. The van der Waals surface area contributed by atoms with E-state index in [4.69, 9.17) is 4.74 Å². The van der Waals surface area contributed by atoms with Gasteiger partial charge in [0.2, 0.25) is 0 Å². The van der Waals surface area contributed by atoms with Gasteiger partial charge in [-0.3, -0.25) is 4.79 Å². The van der Waals surface area contributed by atoms with Crippen LogP contribution in [0.3, 0.4) is 0 Å². The topological polar surface area (TPSA) is 38.3 Å². The van der Waals surface area contributed by atoms with E-state index in [1.807, 2.05) is 13.8 Å². The van der Waals surface area contributed by atoms with Crippen molar-refractivity contribution in [1.29, 1.82) is 0 Å². The summed E-state index contributed by atoms with van der Waals surface area (Å²) < 4.78 is 4.98. The number of carbonyl (C=O) groups is 1. The maximum Gasteiger partial charge on any atom is 0.308 e. The Morgan fingerprint density at radius 3 is 2.38 bits per heavy atom. The molecule has 78 valence electrons. The zero-order valence-electron chi connectivity index (χ0n) is 9.09. The number of hydrogen-bond donors (Lipinski definition) is 1. The molecular weight excluding hydrogens is 166 g/mol. The van der Waals surface area contributed by atoms with Crippen molar-refractivity contribution < 1.29 is 9.53 Å². The Hall–Kier alpha value is -0.570. The molecule has 0 saturated heterocycles. The molecule has 1 N–H and O–H groups in total. The Morgan fingerprint density at radius 1 is 1.31 bits per heavy atom. The third kappa shape index (κ3) is 7.78. The van der Waals surface area contributed by atoms with Gasteiger partial charge in [0.15, 0.2) is 0 Å². The van der Waals surface area contributed by atoms with Crippen molar-refractivity contribution in [2.75, 3.05) is 19.7 Å². The van der Waals surface area contributed by atoms with Gasteiger partial charge in [0.1, 0.15) is 6.61 Å². The molecule has 0 rings (SSSR count). The first-order valence-electron chi connectivity index (χ1n) is 4.91. The molecule has 0 atom stereocenters. The summed E-state index contributed by atoms with van der Waals surface area (Å²) in [6.07, 6.45) is 0. The van der Waals surface area contributed by atoms with E-state index in [0.29, 0.717) is 12.5 Å². The number of carbonyl (C=O) groups excluding carboxylic acids is 1. The van der Waals surface area contributed by atoms with Crippen molar-refractivity contribution in [2.24, 2.45) is 11.8 Å². The standard InChI is InChI=1S/C10H21NO2/c1-8(2)7-11-5-6-13-10(12)9(3)4/h8-9,11H,5-7H2,1-4H3. The van der Waals surface area contributed by atoms with Crippen LogP contribution in [0, 0.1) is 11.8 Å². The van der Waals surface area contributed by atoms with Crippen LogP contribution < -0.4 is 5.32 Å². The molecule has 0 bridgehead atoms. The quantitative estimate of drug-likeness (QED) is 0.505. The second-order valence-electron chi connectivity index (χ2n) is 3.92. The fourth-order valence-corrected chi connectivity index (χ4v) is 0.781. The Kier molecular flexibility index (Phi) is 6.59. The van der Waals surface area contributed by atoms with Gasteiger partial charge in [-0.05, 0) is 12.5 Å². The SMILES string of the molecule is CC(C)CNCCOC(=O)C(C)C. The van der Waals surface area contributed by atoms with Crippen LogP contribution in [0.25, 0.3) is 0 Å². The van der Waals surface area contributed by atoms with Crippen LogP contribution in [-0.2, 0) is 9.53 Å². The molecule has 0 aromatic rings. The number of rotatable bonds is 6. The molecule has 0 unspecified atom stereocenters. The lowest BCUT2D eigenvalue weighted by atomic mass is 10.2. The van der Waals surface area contributed by atoms with Gasteiger partial charge in [-0.1, -0.05) is 27.7 Å². The van der Waals surface area contributed by atoms with E-state index in [-0.39, 0.29) is 11.9 Å². The Morgan fingerprint density at radius 2 is 1.92 bits per heavy atom. The first kappa shape index (κ1) is 12.4. The summed E-state index contributed by atoms with van der Waals surface area (Å²) >= 11 is 0. The Labute approximate surface area is 80.8 Å². The average molecular weight is 187 g/mol. The summed E-state index contributed by atoms with van der Waals surface area (Å²) in [4.78, 5) is 11.0. The molecule has 0 aliphatic carbocycles. The third-order valence-corrected chi connectivity index (χ3v) is 1.55. The summed E-state index contributed by atoms with van der Waals surface area (Å²) in [6, 6.07) is 0. The van der Waals surface area contributed by atoms with E-state index in [2.05, 4.69) is 19.2 Å². The second kappa shape index (κ2) is 6.89. The van der Waals surface area contributed by atoms with Crippen molar-refractivity contribution in [3.05, 3.63) is 0 Å². The average Bonchev–Trinajstić information content (AvgIpc) is 2.02. The monoisotopic (exact) mass is 187 g/mol. The number of nitrogens with one attached hydrogen (secondary N) is 1. The molecule has 0 saturated carbocycles. The molecule has 0 aromatic carbocycles. The molecule has 0 heterocycles. The molecular formula is C10H21NO2. The molecule has 0 spiro atoms. The molecule has 3 nitrogen and oxygen atoms in total. The summed E-state index contributed by atoms with van der Waals surface area (Å²) in [6.45, 7) is 10.2. The van der Waals surface area contributed by atoms with Gasteiger partial charge >= 0.3 is 5.97 Å². The highest BCUT2D eigenvalue weighted by atomic mass is 16.5. The number of esters is 1. The largest absolute Gasteiger partial charge is 0.464 e. The van der Waals surface area contributed by atoms with Gasteiger partial charge in [0.25, 0.3) is 0 Å². The van der Waals surface area contributed by atoms with E-state index in [0.717, 1.165) is 13.1 Å². The summed E-state index contributed by atoms with van der Waals surface area (Å²) in [5.41, 5.74) is 0. The minimum atomic E-state index is -0.119. The summed E-state index contributed by atoms with van der Waals surface area (Å²) in [5.74, 6) is 0.497. The Balaban J connectivity index is 3.21. The van der Waals surface area contributed by atoms with Gasteiger partial charge in [-0.25, -0.2) is 0 Å². The molecule has 13 heavy (non-hydrogen) atoms. The van der Waals surface area contributed by atoms with Crippen LogP contribution in [0.1, 0.15) is 27.7 Å². The fraction of sp³-hybridized carbons (Fsp3) is 0.900. The fourth-order valence-electron chi connectivity index (χ4n) is 0.781. The van der Waals surface area contributed by atoms with Crippen LogP contribution in [0.15, 0.2) is 0 Å². The van der Waals surface area contributed by atoms with Crippen LogP contribution >= 0.6 is 0 Å². The lowest BCUT2D eigenvalue weighted by Gasteiger charge is -2.09. The van der Waals surface area contributed by atoms with E-state index < -0.39 is 0 Å². The lowest BCUT2D eigenvalue weighted by Crippen LogP contribution is -2.25. The first-order valence-corrected chi connectivity index (χ1v) is 4.91. The molecule has 3 heteroatoms. The minimum absolute atomic E-state index is 0.0231. The smallest absolute Gasteiger partial charge is 0.308 e. The van der Waals surface area contributed by atoms with Crippen molar-refractivity contribution in [3.63, 3.8) is 0 Å². The predicted octanol–water partition coefficient (Wildman–Crippen LogP) is 1.43. The van der Waals surface area contributed by atoms with Crippen LogP contribution in [0.2, 0.25) is 0 Å². The molecule has 0 radical (unpaired) electrons. The van der Waals surface area contributed by atoms with Gasteiger partial charge < -0.3 is 10.1 Å². The van der Waals surface area contributed by atoms with Crippen molar-refractivity contribution in [2.45, 2.75) is 27.7 Å². The van der Waals surface area contributed by atoms with Crippen molar-refractivity contribution >= 4 is 5.97 Å². The van der Waals surface area contributed by atoms with Crippen molar-refractivity contribution in [1.82, 2.24) is 5.32 Å². The van der Waals surface area contributed by atoms with E-state index in [9.17, 15) is 4.79 Å². The van der Waals surface area contributed by atoms with E-state index in [1.165, 1.54) is 0 Å². The van der Waals surface area contributed by atoms with Gasteiger partial charge in [0.05, 0.1) is 5.92 Å². The van der Waals surface area contributed by atoms with Crippen LogP contribution in [0.4, 0.5) is 0 Å². The minimum Gasteiger partial charge on any atom is -0.464 e. The van der Waals surface area contributed by atoms with Gasteiger partial charge in [0, 0.05) is 6.54 Å². The highest BCUT2D eigenvalue weighted by molar-refractivity contribution is 5.71. The molecule has 0 aromatic heterocycles. The number of hydrogen-bond acceptors (Lipinski definition) is 3. The highest BCUT2D eigenvalue weighted by Crippen LogP contribution is 1.94. The third-order valence-electron chi connectivity index (χ3n) is 1.55. The molecule has 0 amide bonds. The maximum absolute atomic E-state index is 11.0. The predicted molar refractivity (Wildman–Crippen MR) is 53.5 cm³/mol. The first-order chi connectivity index (χ1) is 6.04. The highest BCUT2D eigenvalue weighted by Gasteiger charge is 2.06. The zero-order chi connectivity index (χ0) is 10.3. The Bertz CT molecular complexity index is 144. The lowest BCUT2D eigenvalue weighted by molar-refractivity contribution is -0.147. The normalized spacial score (nSPS) is 10.9. The number of ether oxygens (including phenoxy) is 1. The summed E-state index contributed by atoms with van der Waals surface area (Å²) in [5, 5.41) is 3.20. The van der Waals surface area contributed by atoms with Gasteiger partial charge in [-0.2, -0.15) is 0 Å². The van der Waals surface area contributed by atoms with Crippen LogP contribution in [0.5, 0.6) is 0 Å². The summed E-state index contributed by atoms with van der Waals surface area (Å²) in [7, 11) is 0. The van der Waals surface area contributed by atoms with E-state index in [1.54, 1.807) is 0 Å². The van der Waals surface area contributed by atoms with Crippen LogP contribution in [-0.4, -0.2) is 25.7 Å². The zero-order valence-corrected chi connectivity index (χ0v) is 9.09.